The Balaban J connectivity index is 5.47. The summed E-state index contributed by atoms with van der Waals surface area (Å²) in [7, 11) is -10.00. The molecule has 0 aliphatic carbocycles. The van der Waals surface area contributed by atoms with Gasteiger partial charge in [0.15, 0.2) is 12.2 Å². The molecule has 0 amide bonds. The highest BCUT2D eigenvalue weighted by Crippen LogP contribution is 2.45. The fourth-order valence-corrected chi connectivity index (χ4v) is 10.8. The van der Waals surface area contributed by atoms with E-state index in [2.05, 4.69) is 149 Å². The topological polar surface area (TPSA) is 237 Å². The number of carbonyl (C=O) groups excluding carboxylic acids is 4. The van der Waals surface area contributed by atoms with Gasteiger partial charge in [0.2, 0.25) is 0 Å². The number of hydrogen-bond acceptors (Lipinski definition) is 15. The van der Waals surface area contributed by atoms with Crippen LogP contribution in [-0.2, 0) is 65.4 Å². The van der Waals surface area contributed by atoms with E-state index in [0.29, 0.717) is 25.7 Å². The summed E-state index contributed by atoms with van der Waals surface area (Å²) < 4.78 is 68.2. The lowest BCUT2D eigenvalue weighted by Gasteiger charge is -2.21. The summed E-state index contributed by atoms with van der Waals surface area (Å²) in [4.78, 5) is 72.7. The van der Waals surface area contributed by atoms with Crippen molar-refractivity contribution < 1.29 is 80.2 Å². The number of allylic oxidation sites excluding steroid dienone is 23. The van der Waals surface area contributed by atoms with Gasteiger partial charge in [0.25, 0.3) is 0 Å². The zero-order valence-electron chi connectivity index (χ0n) is 60.7. The third-order valence-corrected chi connectivity index (χ3v) is 16.7. The van der Waals surface area contributed by atoms with E-state index >= 15 is 0 Å². The fraction of sp³-hybridized carbons (Fsp3) is 0.646. The van der Waals surface area contributed by atoms with Crippen LogP contribution in [0.3, 0.4) is 0 Å². The average molecular weight is 1410 g/mol. The van der Waals surface area contributed by atoms with Crippen molar-refractivity contribution in [3.8, 4) is 0 Å². The van der Waals surface area contributed by atoms with E-state index in [4.69, 9.17) is 37.0 Å². The first kappa shape index (κ1) is 92.9. The molecule has 0 radical (unpaired) electrons. The summed E-state index contributed by atoms with van der Waals surface area (Å²) in [5, 5.41) is 10.6. The number of ether oxygens (including phenoxy) is 4. The maximum absolute atomic E-state index is 13.1. The summed E-state index contributed by atoms with van der Waals surface area (Å²) >= 11 is 0. The Morgan fingerprint density at radius 1 is 0.306 bits per heavy atom. The molecule has 17 nitrogen and oxygen atoms in total. The molecule has 0 spiro atoms. The number of esters is 4. The van der Waals surface area contributed by atoms with Crippen LogP contribution in [0, 0.1) is 0 Å². The number of carbonyl (C=O) groups is 4. The van der Waals surface area contributed by atoms with Gasteiger partial charge in [0, 0.05) is 19.3 Å². The second-order valence-electron chi connectivity index (χ2n) is 24.1. The molecule has 558 valence electrons. The first-order valence-electron chi connectivity index (χ1n) is 37.1. The molecule has 3 N–H and O–H groups in total. The van der Waals surface area contributed by atoms with E-state index in [1.54, 1.807) is 6.08 Å². The number of rotatable bonds is 68. The summed E-state index contributed by atoms with van der Waals surface area (Å²) in [6.07, 6.45) is 78.8. The molecule has 5 unspecified atom stereocenters. The van der Waals surface area contributed by atoms with Gasteiger partial charge in [-0.2, -0.15) is 0 Å². The third kappa shape index (κ3) is 69.4. The minimum atomic E-state index is -5.00. The largest absolute Gasteiger partial charge is 0.472 e. The maximum Gasteiger partial charge on any atom is 0.472 e. The number of aliphatic hydroxyl groups excluding tert-OH is 1. The van der Waals surface area contributed by atoms with Gasteiger partial charge in [0.1, 0.15) is 19.3 Å². The quantitative estimate of drug-likeness (QED) is 0.0169. The van der Waals surface area contributed by atoms with Crippen LogP contribution in [0.1, 0.15) is 272 Å². The molecule has 19 heteroatoms. The second kappa shape index (κ2) is 70.4. The van der Waals surface area contributed by atoms with Crippen molar-refractivity contribution in [3.63, 3.8) is 0 Å². The Bertz CT molecular complexity index is 2430. The first-order chi connectivity index (χ1) is 47.7. The Morgan fingerprint density at radius 2 is 0.592 bits per heavy atom. The van der Waals surface area contributed by atoms with Crippen LogP contribution in [-0.4, -0.2) is 96.7 Å². The van der Waals surface area contributed by atoms with E-state index in [1.165, 1.54) is 38.5 Å². The lowest BCUT2D eigenvalue weighted by atomic mass is 10.1. The maximum atomic E-state index is 13.1. The highest BCUT2D eigenvalue weighted by atomic mass is 31.2. The van der Waals surface area contributed by atoms with Gasteiger partial charge >= 0.3 is 39.5 Å². The highest BCUT2D eigenvalue weighted by molar-refractivity contribution is 7.47. The molecule has 5 atom stereocenters. The van der Waals surface area contributed by atoms with Crippen molar-refractivity contribution in [2.24, 2.45) is 0 Å². The van der Waals surface area contributed by atoms with Crippen LogP contribution in [0.25, 0.3) is 0 Å². The van der Waals surface area contributed by atoms with Gasteiger partial charge in [0.05, 0.1) is 32.8 Å². The zero-order valence-corrected chi connectivity index (χ0v) is 62.4. The molecule has 0 bridgehead atoms. The smallest absolute Gasteiger partial charge is 0.462 e. The fourth-order valence-electron chi connectivity index (χ4n) is 9.20. The summed E-state index contributed by atoms with van der Waals surface area (Å²) in [5.41, 5.74) is 0. The average Bonchev–Trinajstić information content (AvgIpc) is 0.959. The number of phosphoric ester groups is 2. The lowest BCUT2D eigenvalue weighted by Crippen LogP contribution is -2.30. The molecule has 0 aliphatic rings. The zero-order chi connectivity index (χ0) is 71.8. The molecule has 0 saturated heterocycles. The van der Waals surface area contributed by atoms with Gasteiger partial charge < -0.3 is 33.8 Å². The molecule has 0 saturated carbocycles. The molecule has 0 rings (SSSR count). The number of phosphoric acid groups is 2. The van der Waals surface area contributed by atoms with E-state index in [9.17, 15) is 43.2 Å². The molecule has 0 aromatic heterocycles. The van der Waals surface area contributed by atoms with Gasteiger partial charge in [-0.1, -0.05) is 251 Å². The van der Waals surface area contributed by atoms with Crippen molar-refractivity contribution in [2.45, 2.75) is 290 Å². The molecular formula is C79H130O17P2. The number of hydrogen-bond donors (Lipinski definition) is 3. The Hall–Kier alpha value is -5.06. The lowest BCUT2D eigenvalue weighted by molar-refractivity contribution is -0.161. The molecule has 0 aliphatic heterocycles. The Labute approximate surface area is 592 Å². The van der Waals surface area contributed by atoms with Gasteiger partial charge in [-0.25, -0.2) is 9.13 Å². The molecule has 0 fully saturated rings. The normalized spacial score (nSPS) is 14.8. The van der Waals surface area contributed by atoms with Crippen LogP contribution in [0.4, 0.5) is 0 Å². The van der Waals surface area contributed by atoms with E-state index in [0.717, 1.165) is 154 Å². The van der Waals surface area contributed by atoms with E-state index in [1.807, 2.05) is 18.2 Å². The summed E-state index contributed by atoms with van der Waals surface area (Å²) in [6, 6.07) is 0. The monoisotopic (exact) mass is 1410 g/mol. The Kier molecular flexibility index (Phi) is 66.7. The predicted molar refractivity (Wildman–Crippen MR) is 399 cm³/mol. The summed E-state index contributed by atoms with van der Waals surface area (Å²) in [5.74, 6) is -2.41. The van der Waals surface area contributed by atoms with Crippen LogP contribution in [0.2, 0.25) is 0 Å². The van der Waals surface area contributed by atoms with Crippen molar-refractivity contribution in [1.82, 2.24) is 0 Å². The molecule has 0 aromatic rings. The first-order valence-corrected chi connectivity index (χ1v) is 40.1. The van der Waals surface area contributed by atoms with Crippen LogP contribution in [0.5, 0.6) is 0 Å². The van der Waals surface area contributed by atoms with Crippen LogP contribution in [0.15, 0.2) is 146 Å². The predicted octanol–water partition coefficient (Wildman–Crippen LogP) is 21.1. The van der Waals surface area contributed by atoms with Crippen molar-refractivity contribution in [2.75, 3.05) is 39.6 Å². The summed E-state index contributed by atoms with van der Waals surface area (Å²) in [6.45, 7) is 4.36. The van der Waals surface area contributed by atoms with Crippen molar-refractivity contribution in [1.29, 1.82) is 0 Å². The van der Waals surface area contributed by atoms with Crippen LogP contribution >= 0.6 is 15.6 Å². The number of aliphatic hydroxyl groups is 1. The van der Waals surface area contributed by atoms with Crippen molar-refractivity contribution in [3.05, 3.63) is 146 Å². The van der Waals surface area contributed by atoms with Crippen molar-refractivity contribution >= 4 is 39.5 Å². The van der Waals surface area contributed by atoms with Gasteiger partial charge in [-0.3, -0.25) is 37.3 Å². The number of unbranched alkanes of at least 4 members (excludes halogenated alkanes) is 19. The van der Waals surface area contributed by atoms with Crippen LogP contribution < -0.4 is 0 Å². The molecular weight excluding hydrogens is 1280 g/mol. The van der Waals surface area contributed by atoms with Gasteiger partial charge in [-0.15, -0.1) is 0 Å². The minimum absolute atomic E-state index is 0.0540. The molecule has 98 heavy (non-hydrogen) atoms. The SMILES string of the molecule is CC/C=C\C/C=C\C/C=C\C/C=C\C/C=C\CC(=O)OCC(COP(=O)(O)OCC(O)COP(=O)(O)OCC(COC(=O)CCCC/C=C\C/C=C\C/C=C\C/C=C\CC)OC(=O)CCCCCCC/C=C\CCCCCCCC)OC(=O)CCCCCCC/C=C\C/C=C\CCC. The second-order valence-corrected chi connectivity index (χ2v) is 27.0. The third-order valence-electron chi connectivity index (χ3n) is 14.8. The highest BCUT2D eigenvalue weighted by Gasteiger charge is 2.30. The minimum Gasteiger partial charge on any atom is -0.462 e. The van der Waals surface area contributed by atoms with E-state index in [-0.39, 0.29) is 25.7 Å². The molecule has 0 heterocycles. The van der Waals surface area contributed by atoms with Gasteiger partial charge in [-0.05, 0) is 141 Å². The molecule has 0 aromatic carbocycles. The standard InChI is InChI=1S/C79H130O17P2/c1-5-9-13-17-21-25-29-33-36-40-43-47-51-55-59-63-76(81)89-69-74(95-78(83)65-61-57-53-49-45-39-32-28-24-20-16-12-8-4)71-93-97(85,86)91-67-73(80)68-92-98(87,88)94-72-75(96-79(84)66-62-58-54-50-46-42-38-35-31-27-23-19-15-11-7-3)70-90-77(82)64-60-56-52-48-44-41-37-34-30-26-22-18-14-10-6-2/h9-10,13-14,16,20-22,25-26,28,32-38,43-44,47-48,55,59,73-75,80H,5-8,11-12,15,17-19,23-24,27,29-31,39-42,45-46,49-54,56-58,60-72H2,1-4H3,(H,85,86)(H,87,88)/b13-9-,14-10-,20-16-,25-21-,26-22-,32-28-,36-33-,37-34-,38-35-,47-43-,48-44-,59-55-. The Morgan fingerprint density at radius 3 is 0.980 bits per heavy atom. The van der Waals surface area contributed by atoms with E-state index < -0.39 is 97.5 Å².